The van der Waals surface area contributed by atoms with Crippen LogP contribution in [-0.2, 0) is 0 Å². The fourth-order valence-corrected chi connectivity index (χ4v) is 2.66. The van der Waals surface area contributed by atoms with Gasteiger partial charge in [-0.05, 0) is 45.3 Å². The summed E-state index contributed by atoms with van der Waals surface area (Å²) in [5.41, 5.74) is 1.27. The van der Waals surface area contributed by atoms with Gasteiger partial charge in [-0.2, -0.15) is 0 Å². The summed E-state index contributed by atoms with van der Waals surface area (Å²) in [5.74, 6) is 1.95. The Balaban J connectivity index is 2.05. The average molecular weight is 276 g/mol. The van der Waals surface area contributed by atoms with Crippen molar-refractivity contribution in [2.75, 3.05) is 33.3 Å². The van der Waals surface area contributed by atoms with Crippen molar-refractivity contribution in [2.45, 2.75) is 32.7 Å². The Morgan fingerprint density at radius 3 is 2.65 bits per heavy atom. The Hall–Kier alpha value is -1.06. The Morgan fingerprint density at radius 1 is 1.30 bits per heavy atom. The van der Waals surface area contributed by atoms with E-state index in [-0.39, 0.29) is 0 Å². The first-order chi connectivity index (χ1) is 9.78. The molecule has 112 valence electrons. The van der Waals surface area contributed by atoms with Crippen LogP contribution in [0.2, 0.25) is 0 Å². The van der Waals surface area contributed by atoms with E-state index in [1.165, 1.54) is 24.9 Å². The number of nitrogens with zero attached hydrogens (tertiary/aromatic N) is 1. The molecular weight excluding hydrogens is 248 g/mol. The van der Waals surface area contributed by atoms with E-state index in [0.717, 1.165) is 24.8 Å². The molecule has 0 bridgehead atoms. The minimum Gasteiger partial charge on any atom is -0.494 e. The normalized spacial score (nSPS) is 16.4. The first-order valence-corrected chi connectivity index (χ1v) is 7.89. The second-order valence-electron chi connectivity index (χ2n) is 5.61. The lowest BCUT2D eigenvalue weighted by molar-refractivity contribution is 0.244. The fourth-order valence-electron chi connectivity index (χ4n) is 2.66. The van der Waals surface area contributed by atoms with Gasteiger partial charge in [0.1, 0.15) is 5.75 Å². The van der Waals surface area contributed by atoms with Gasteiger partial charge in [-0.1, -0.05) is 25.1 Å². The number of benzene rings is 1. The van der Waals surface area contributed by atoms with E-state index in [1.54, 1.807) is 0 Å². The van der Waals surface area contributed by atoms with Crippen LogP contribution in [0.3, 0.4) is 0 Å². The van der Waals surface area contributed by atoms with Gasteiger partial charge >= 0.3 is 0 Å². The molecule has 1 aliphatic carbocycles. The molecule has 1 atom stereocenters. The molecule has 0 amide bonds. The maximum Gasteiger partial charge on any atom is 0.124 e. The van der Waals surface area contributed by atoms with Crippen LogP contribution < -0.4 is 10.1 Å². The van der Waals surface area contributed by atoms with Crippen LogP contribution in [0.25, 0.3) is 0 Å². The van der Waals surface area contributed by atoms with Crippen LogP contribution in [0.15, 0.2) is 24.3 Å². The highest BCUT2D eigenvalue weighted by Gasteiger charge is 2.25. The Labute approximate surface area is 123 Å². The van der Waals surface area contributed by atoms with Crippen molar-refractivity contribution in [3.8, 4) is 5.75 Å². The Morgan fingerprint density at radius 2 is 2.05 bits per heavy atom. The molecule has 2 rings (SSSR count). The second kappa shape index (κ2) is 7.65. The topological polar surface area (TPSA) is 24.5 Å². The van der Waals surface area contributed by atoms with Gasteiger partial charge < -0.3 is 15.0 Å². The zero-order valence-corrected chi connectivity index (χ0v) is 13.1. The number of para-hydroxylation sites is 1. The molecule has 0 saturated heterocycles. The van der Waals surface area contributed by atoms with Crippen LogP contribution >= 0.6 is 0 Å². The summed E-state index contributed by atoms with van der Waals surface area (Å²) in [7, 11) is 2.04. The Kier molecular flexibility index (Phi) is 5.86. The van der Waals surface area contributed by atoms with Crippen LogP contribution in [0, 0.1) is 5.92 Å². The highest BCUT2D eigenvalue weighted by atomic mass is 16.5. The lowest BCUT2D eigenvalue weighted by Crippen LogP contribution is -2.35. The molecule has 1 aliphatic rings. The molecule has 0 radical (unpaired) electrons. The maximum atomic E-state index is 5.77. The number of rotatable bonds is 9. The van der Waals surface area contributed by atoms with Crippen molar-refractivity contribution in [3.63, 3.8) is 0 Å². The number of ether oxygens (including phenoxy) is 1. The summed E-state index contributed by atoms with van der Waals surface area (Å²) in [6, 6.07) is 8.72. The maximum absolute atomic E-state index is 5.77. The lowest BCUT2D eigenvalue weighted by Gasteiger charge is -2.27. The molecule has 0 heterocycles. The summed E-state index contributed by atoms with van der Waals surface area (Å²) in [6.07, 6.45) is 2.83. The SMILES string of the molecule is CCOc1ccccc1C(CN(CC)CC1CC1)NC. The Bertz CT molecular complexity index is 404. The second-order valence-corrected chi connectivity index (χ2v) is 5.61. The van der Waals surface area contributed by atoms with Crippen molar-refractivity contribution < 1.29 is 4.74 Å². The zero-order chi connectivity index (χ0) is 14.4. The highest BCUT2D eigenvalue weighted by molar-refractivity contribution is 5.36. The molecule has 3 nitrogen and oxygen atoms in total. The molecule has 1 aromatic carbocycles. The van der Waals surface area contributed by atoms with Crippen LogP contribution in [0.5, 0.6) is 5.75 Å². The minimum atomic E-state index is 0.330. The smallest absolute Gasteiger partial charge is 0.124 e. The van der Waals surface area contributed by atoms with Gasteiger partial charge in [0, 0.05) is 24.7 Å². The van der Waals surface area contributed by atoms with Crippen molar-refractivity contribution in [2.24, 2.45) is 5.92 Å². The third-order valence-electron chi connectivity index (χ3n) is 4.04. The quantitative estimate of drug-likeness (QED) is 0.750. The molecule has 1 N–H and O–H groups in total. The number of likely N-dealkylation sites (N-methyl/N-ethyl adjacent to an activating group) is 2. The van der Waals surface area contributed by atoms with Crippen molar-refractivity contribution in [1.82, 2.24) is 10.2 Å². The van der Waals surface area contributed by atoms with Gasteiger partial charge in [0.05, 0.1) is 6.61 Å². The van der Waals surface area contributed by atoms with Gasteiger partial charge in [0.15, 0.2) is 0 Å². The minimum absolute atomic E-state index is 0.330. The van der Waals surface area contributed by atoms with Gasteiger partial charge in [0.2, 0.25) is 0 Å². The van der Waals surface area contributed by atoms with E-state index in [4.69, 9.17) is 4.74 Å². The van der Waals surface area contributed by atoms with E-state index < -0.39 is 0 Å². The molecule has 3 heteroatoms. The summed E-state index contributed by atoms with van der Waals surface area (Å²) in [5, 5.41) is 3.45. The summed E-state index contributed by atoms with van der Waals surface area (Å²) in [4.78, 5) is 2.56. The van der Waals surface area contributed by atoms with E-state index in [9.17, 15) is 0 Å². The van der Waals surface area contributed by atoms with Crippen LogP contribution in [-0.4, -0.2) is 38.2 Å². The van der Waals surface area contributed by atoms with Gasteiger partial charge in [-0.15, -0.1) is 0 Å². The van der Waals surface area contributed by atoms with Crippen LogP contribution in [0.4, 0.5) is 0 Å². The molecule has 1 aromatic rings. The fraction of sp³-hybridized carbons (Fsp3) is 0.647. The molecule has 0 aliphatic heterocycles. The molecular formula is C17H28N2O. The molecule has 1 saturated carbocycles. The number of nitrogens with one attached hydrogen (secondary N) is 1. The third kappa shape index (κ3) is 4.22. The summed E-state index contributed by atoms with van der Waals surface area (Å²) >= 11 is 0. The third-order valence-corrected chi connectivity index (χ3v) is 4.04. The molecule has 0 aromatic heterocycles. The number of hydrogen-bond donors (Lipinski definition) is 1. The molecule has 1 fully saturated rings. The van der Waals surface area contributed by atoms with Gasteiger partial charge in [0.25, 0.3) is 0 Å². The predicted octanol–water partition coefficient (Wildman–Crippen LogP) is 3.08. The van der Waals surface area contributed by atoms with Crippen molar-refractivity contribution in [3.05, 3.63) is 29.8 Å². The standard InChI is InChI=1S/C17H28N2O/c1-4-19(12-14-10-11-14)13-16(18-3)15-8-6-7-9-17(15)20-5-2/h6-9,14,16,18H,4-5,10-13H2,1-3H3. The average Bonchev–Trinajstić information content (AvgIpc) is 3.28. The van der Waals surface area contributed by atoms with E-state index in [2.05, 4.69) is 35.3 Å². The van der Waals surface area contributed by atoms with Gasteiger partial charge in [-0.25, -0.2) is 0 Å². The molecule has 20 heavy (non-hydrogen) atoms. The van der Waals surface area contributed by atoms with Gasteiger partial charge in [-0.3, -0.25) is 0 Å². The monoisotopic (exact) mass is 276 g/mol. The number of hydrogen-bond acceptors (Lipinski definition) is 3. The van der Waals surface area contributed by atoms with Crippen molar-refractivity contribution >= 4 is 0 Å². The highest BCUT2D eigenvalue weighted by Crippen LogP contribution is 2.31. The first kappa shape index (κ1) is 15.3. The summed E-state index contributed by atoms with van der Waals surface area (Å²) < 4.78 is 5.77. The van der Waals surface area contributed by atoms with E-state index >= 15 is 0 Å². The van der Waals surface area contributed by atoms with Crippen LogP contribution in [0.1, 0.15) is 38.3 Å². The molecule has 0 spiro atoms. The summed E-state index contributed by atoms with van der Waals surface area (Å²) in [6.45, 7) is 8.41. The molecule has 1 unspecified atom stereocenters. The predicted molar refractivity (Wildman–Crippen MR) is 84.2 cm³/mol. The van der Waals surface area contributed by atoms with E-state index in [0.29, 0.717) is 12.6 Å². The largest absolute Gasteiger partial charge is 0.494 e. The zero-order valence-electron chi connectivity index (χ0n) is 13.1. The lowest BCUT2D eigenvalue weighted by atomic mass is 10.0. The van der Waals surface area contributed by atoms with E-state index in [1.807, 2.05) is 20.0 Å². The first-order valence-electron chi connectivity index (χ1n) is 7.89. The van der Waals surface area contributed by atoms with Crippen molar-refractivity contribution in [1.29, 1.82) is 0 Å².